The molecular formula is C17H19NO9S. The molecule has 28 heavy (non-hydrogen) atoms. The van der Waals surface area contributed by atoms with Crippen molar-refractivity contribution in [2.45, 2.75) is 44.5 Å². The average Bonchev–Trinajstić information content (AvgIpc) is 2.59. The van der Waals surface area contributed by atoms with Crippen LogP contribution in [0.5, 0.6) is 5.75 Å². The van der Waals surface area contributed by atoms with Gasteiger partial charge in [-0.1, -0.05) is 12.1 Å². The van der Waals surface area contributed by atoms with Gasteiger partial charge in [0.15, 0.2) is 29.5 Å². The van der Waals surface area contributed by atoms with Gasteiger partial charge in [-0.3, -0.25) is 24.5 Å². The summed E-state index contributed by atoms with van der Waals surface area (Å²) in [4.78, 5) is 45.1. The van der Waals surface area contributed by atoms with Gasteiger partial charge in [0.25, 0.3) is 0 Å². The van der Waals surface area contributed by atoms with E-state index in [4.69, 9.17) is 18.9 Å². The quantitative estimate of drug-likeness (QED) is 0.294. The number of benzene rings is 1. The molecule has 1 aromatic rings. The SMILES string of the molecule is CC(=O)O[C@@H]1[C@@H](OC(C)=O)[C@@H](Oc2ccccc2[N+](=O)[O-])SC[C@H]1OC(C)=O. The van der Waals surface area contributed by atoms with Crippen molar-refractivity contribution < 1.29 is 38.3 Å². The highest BCUT2D eigenvalue weighted by molar-refractivity contribution is 7.99. The van der Waals surface area contributed by atoms with E-state index in [9.17, 15) is 24.5 Å². The number of nitrogens with zero attached hydrogens (tertiary/aromatic N) is 1. The number of nitro groups is 1. The van der Waals surface area contributed by atoms with Crippen LogP contribution in [0.15, 0.2) is 24.3 Å². The molecule has 1 heterocycles. The van der Waals surface area contributed by atoms with Crippen LogP contribution in [0.25, 0.3) is 0 Å². The molecule has 11 heteroatoms. The zero-order valence-electron chi connectivity index (χ0n) is 15.4. The number of carbonyl (C=O) groups excluding carboxylic acids is 3. The van der Waals surface area contributed by atoms with E-state index in [1.165, 1.54) is 25.1 Å². The summed E-state index contributed by atoms with van der Waals surface area (Å²) in [6.07, 6.45) is -3.15. The molecule has 0 saturated carbocycles. The van der Waals surface area contributed by atoms with Crippen molar-refractivity contribution in [3.63, 3.8) is 0 Å². The summed E-state index contributed by atoms with van der Waals surface area (Å²) in [6.45, 7) is 3.52. The number of para-hydroxylation sites is 2. The van der Waals surface area contributed by atoms with Crippen LogP contribution < -0.4 is 4.74 Å². The maximum absolute atomic E-state index is 11.6. The first-order chi connectivity index (χ1) is 13.2. The van der Waals surface area contributed by atoms with Crippen LogP contribution in [0.2, 0.25) is 0 Å². The molecule has 2 rings (SSSR count). The van der Waals surface area contributed by atoms with E-state index >= 15 is 0 Å². The van der Waals surface area contributed by atoms with Gasteiger partial charge in [-0.2, -0.15) is 0 Å². The van der Waals surface area contributed by atoms with Crippen molar-refractivity contribution in [1.82, 2.24) is 0 Å². The van der Waals surface area contributed by atoms with Gasteiger partial charge in [0.05, 0.1) is 4.92 Å². The number of ether oxygens (including phenoxy) is 4. The number of hydrogen-bond acceptors (Lipinski definition) is 10. The lowest BCUT2D eigenvalue weighted by Gasteiger charge is -2.39. The smallest absolute Gasteiger partial charge is 0.310 e. The summed E-state index contributed by atoms with van der Waals surface area (Å²) in [5, 5.41) is 11.2. The van der Waals surface area contributed by atoms with Crippen molar-refractivity contribution in [3.05, 3.63) is 34.4 Å². The first-order valence-corrected chi connectivity index (χ1v) is 9.27. The molecule has 10 nitrogen and oxygen atoms in total. The highest BCUT2D eigenvalue weighted by atomic mass is 32.2. The van der Waals surface area contributed by atoms with Crippen LogP contribution in [0.1, 0.15) is 20.8 Å². The van der Waals surface area contributed by atoms with Gasteiger partial charge in [0.1, 0.15) is 0 Å². The fourth-order valence-corrected chi connectivity index (χ4v) is 3.85. The third-order valence-electron chi connectivity index (χ3n) is 3.61. The van der Waals surface area contributed by atoms with Crippen molar-refractivity contribution in [1.29, 1.82) is 0 Å². The van der Waals surface area contributed by atoms with Gasteiger partial charge >= 0.3 is 23.6 Å². The first kappa shape index (κ1) is 21.5. The highest BCUT2D eigenvalue weighted by Gasteiger charge is 2.48. The van der Waals surface area contributed by atoms with E-state index in [1.807, 2.05) is 0 Å². The zero-order valence-corrected chi connectivity index (χ0v) is 16.2. The number of hydrogen-bond donors (Lipinski definition) is 0. The molecule has 0 bridgehead atoms. The topological polar surface area (TPSA) is 131 Å². The summed E-state index contributed by atoms with van der Waals surface area (Å²) in [7, 11) is 0. The first-order valence-electron chi connectivity index (χ1n) is 8.22. The lowest BCUT2D eigenvalue weighted by Crippen LogP contribution is -2.55. The Labute approximate surface area is 164 Å². The molecule has 1 saturated heterocycles. The fraction of sp³-hybridized carbons (Fsp3) is 0.471. The van der Waals surface area contributed by atoms with Crippen molar-refractivity contribution in [2.24, 2.45) is 0 Å². The van der Waals surface area contributed by atoms with E-state index in [2.05, 4.69) is 0 Å². The second-order valence-corrected chi connectivity index (χ2v) is 6.97. The van der Waals surface area contributed by atoms with E-state index in [0.29, 0.717) is 0 Å². The third kappa shape index (κ3) is 5.59. The largest absolute Gasteiger partial charge is 0.468 e. The Kier molecular flexibility index (Phi) is 7.21. The number of rotatable bonds is 6. The summed E-state index contributed by atoms with van der Waals surface area (Å²) in [6, 6.07) is 5.72. The molecule has 1 aromatic carbocycles. The Bertz CT molecular complexity index is 769. The van der Waals surface area contributed by atoms with Crippen LogP contribution in [0.4, 0.5) is 5.69 Å². The number of thioether (sulfide) groups is 1. The zero-order chi connectivity index (χ0) is 20.8. The van der Waals surface area contributed by atoms with Crippen LogP contribution in [-0.4, -0.2) is 52.3 Å². The third-order valence-corrected chi connectivity index (χ3v) is 4.82. The number of carbonyl (C=O) groups is 3. The molecule has 4 atom stereocenters. The molecule has 0 radical (unpaired) electrons. The Morgan fingerprint density at radius 1 is 1.00 bits per heavy atom. The van der Waals surface area contributed by atoms with Crippen LogP contribution in [-0.2, 0) is 28.6 Å². The van der Waals surface area contributed by atoms with Crippen molar-refractivity contribution in [3.8, 4) is 5.75 Å². The average molecular weight is 413 g/mol. The summed E-state index contributed by atoms with van der Waals surface area (Å²) < 4.78 is 21.4. The molecule has 152 valence electrons. The van der Waals surface area contributed by atoms with Crippen LogP contribution >= 0.6 is 11.8 Å². The maximum atomic E-state index is 11.6. The Morgan fingerprint density at radius 2 is 1.57 bits per heavy atom. The lowest BCUT2D eigenvalue weighted by molar-refractivity contribution is -0.386. The van der Waals surface area contributed by atoms with Crippen molar-refractivity contribution in [2.75, 3.05) is 5.75 Å². The molecule has 0 aromatic heterocycles. The minimum atomic E-state index is -1.15. The van der Waals surface area contributed by atoms with Gasteiger partial charge in [-0.15, -0.1) is 11.8 Å². The highest BCUT2D eigenvalue weighted by Crippen LogP contribution is 2.36. The molecule has 0 amide bonds. The van der Waals surface area contributed by atoms with Gasteiger partial charge in [0, 0.05) is 32.6 Å². The second-order valence-electron chi connectivity index (χ2n) is 5.84. The summed E-state index contributed by atoms with van der Waals surface area (Å²) in [5.74, 6) is -1.81. The molecular weight excluding hydrogens is 394 g/mol. The van der Waals surface area contributed by atoms with Gasteiger partial charge in [0.2, 0.25) is 0 Å². The van der Waals surface area contributed by atoms with E-state index < -0.39 is 46.6 Å². The lowest BCUT2D eigenvalue weighted by atomic mass is 10.1. The van der Waals surface area contributed by atoms with E-state index in [-0.39, 0.29) is 17.2 Å². The molecule has 1 aliphatic heterocycles. The van der Waals surface area contributed by atoms with Crippen LogP contribution in [0.3, 0.4) is 0 Å². The van der Waals surface area contributed by atoms with Gasteiger partial charge in [-0.25, -0.2) is 0 Å². The molecule has 0 spiro atoms. The predicted molar refractivity (Wildman–Crippen MR) is 96.6 cm³/mol. The molecule has 1 aliphatic rings. The summed E-state index contributed by atoms with van der Waals surface area (Å²) >= 11 is 1.12. The molecule has 0 N–H and O–H groups in total. The second kappa shape index (κ2) is 9.40. The minimum absolute atomic E-state index is 0.0327. The van der Waals surface area contributed by atoms with Gasteiger partial charge < -0.3 is 18.9 Å². The summed E-state index contributed by atoms with van der Waals surface area (Å²) in [5.41, 5.74) is -1.20. The van der Waals surface area contributed by atoms with E-state index in [1.54, 1.807) is 6.07 Å². The number of nitro benzene ring substituents is 1. The predicted octanol–water partition coefficient (Wildman–Crippen LogP) is 1.84. The normalized spacial score (nSPS) is 24.0. The fourth-order valence-electron chi connectivity index (χ4n) is 2.64. The Hall–Kier alpha value is -2.82. The number of esters is 3. The van der Waals surface area contributed by atoms with Gasteiger partial charge in [-0.05, 0) is 6.07 Å². The maximum Gasteiger partial charge on any atom is 0.310 e. The van der Waals surface area contributed by atoms with E-state index in [0.717, 1.165) is 25.6 Å². The molecule has 0 unspecified atom stereocenters. The molecule has 1 fully saturated rings. The van der Waals surface area contributed by atoms with Crippen molar-refractivity contribution >= 4 is 35.4 Å². The monoisotopic (exact) mass is 413 g/mol. The Morgan fingerprint density at radius 3 is 2.14 bits per heavy atom. The Balaban J connectivity index is 2.34. The minimum Gasteiger partial charge on any atom is -0.468 e. The standard InChI is InChI=1S/C17H19NO9S/c1-9(19)24-14-8-28-17(16(26-11(3)21)15(14)25-10(2)20)27-13-7-5-4-6-12(13)18(22)23/h4-7,14-17H,8H2,1-3H3/t14-,15+,16-,17+/m1/s1. The van der Waals surface area contributed by atoms with Crippen LogP contribution in [0, 0.1) is 10.1 Å². The molecule has 0 aliphatic carbocycles.